The molecular weight excluding hydrogens is 374 g/mol. The molecular formula is C22H26ClN3O2. The molecule has 1 fully saturated rings. The van der Waals surface area contributed by atoms with Crippen LogP contribution in [0.25, 0.3) is 0 Å². The average molecular weight is 400 g/mol. The van der Waals surface area contributed by atoms with Crippen LogP contribution in [0.2, 0.25) is 5.02 Å². The SMILES string of the molecule is Cc1cc(NC(=O)c2ccc(Cl)cc2)ccc1NC(=O)CN1CCCC(C)C1. The Bertz CT molecular complexity index is 851. The van der Waals surface area contributed by atoms with Gasteiger partial charge in [-0.2, -0.15) is 0 Å². The maximum absolute atomic E-state index is 12.4. The number of nitrogens with zero attached hydrogens (tertiary/aromatic N) is 1. The fourth-order valence-corrected chi connectivity index (χ4v) is 3.64. The third kappa shape index (κ3) is 5.57. The molecule has 3 rings (SSSR count). The predicted octanol–water partition coefficient (Wildman–Crippen LogP) is 4.57. The summed E-state index contributed by atoms with van der Waals surface area (Å²) < 4.78 is 0. The van der Waals surface area contributed by atoms with Crippen LogP contribution in [0.4, 0.5) is 11.4 Å². The van der Waals surface area contributed by atoms with Gasteiger partial charge >= 0.3 is 0 Å². The smallest absolute Gasteiger partial charge is 0.255 e. The molecule has 1 atom stereocenters. The summed E-state index contributed by atoms with van der Waals surface area (Å²) in [7, 11) is 0. The van der Waals surface area contributed by atoms with Gasteiger partial charge in [0, 0.05) is 28.5 Å². The summed E-state index contributed by atoms with van der Waals surface area (Å²) in [6.07, 6.45) is 2.38. The summed E-state index contributed by atoms with van der Waals surface area (Å²) in [5.74, 6) is 0.439. The normalized spacial score (nSPS) is 17.2. The van der Waals surface area contributed by atoms with Gasteiger partial charge in [-0.1, -0.05) is 18.5 Å². The van der Waals surface area contributed by atoms with Crippen LogP contribution in [0.1, 0.15) is 35.7 Å². The molecule has 2 N–H and O–H groups in total. The Hall–Kier alpha value is -2.37. The van der Waals surface area contributed by atoms with Gasteiger partial charge in [0.1, 0.15) is 0 Å². The molecule has 1 heterocycles. The number of piperidine rings is 1. The van der Waals surface area contributed by atoms with Gasteiger partial charge in [0.15, 0.2) is 0 Å². The van der Waals surface area contributed by atoms with Crippen LogP contribution in [0.5, 0.6) is 0 Å². The molecule has 2 aromatic rings. The first-order chi connectivity index (χ1) is 13.4. The number of hydrogen-bond donors (Lipinski definition) is 2. The number of likely N-dealkylation sites (tertiary alicyclic amines) is 1. The predicted molar refractivity (Wildman–Crippen MR) is 114 cm³/mol. The van der Waals surface area contributed by atoms with Crippen molar-refractivity contribution in [3.63, 3.8) is 0 Å². The fourth-order valence-electron chi connectivity index (χ4n) is 3.51. The van der Waals surface area contributed by atoms with Crippen LogP contribution in [0, 0.1) is 12.8 Å². The maximum Gasteiger partial charge on any atom is 0.255 e. The minimum absolute atomic E-state index is 0.00449. The molecule has 0 spiro atoms. The number of carbonyl (C=O) groups excluding carboxylic acids is 2. The highest BCUT2D eigenvalue weighted by atomic mass is 35.5. The molecule has 0 radical (unpaired) electrons. The molecule has 0 aliphatic carbocycles. The number of benzene rings is 2. The lowest BCUT2D eigenvalue weighted by Gasteiger charge is -2.30. The van der Waals surface area contributed by atoms with Crippen LogP contribution in [0.3, 0.4) is 0 Å². The Kier molecular flexibility index (Phi) is 6.70. The van der Waals surface area contributed by atoms with Gasteiger partial charge in [-0.3, -0.25) is 14.5 Å². The second-order valence-corrected chi connectivity index (χ2v) is 7.96. The largest absolute Gasteiger partial charge is 0.325 e. The van der Waals surface area contributed by atoms with Crippen LogP contribution < -0.4 is 10.6 Å². The zero-order chi connectivity index (χ0) is 20.1. The summed E-state index contributed by atoms with van der Waals surface area (Å²) >= 11 is 5.86. The Morgan fingerprint density at radius 1 is 1.14 bits per heavy atom. The van der Waals surface area contributed by atoms with Crippen LogP contribution >= 0.6 is 11.6 Å². The van der Waals surface area contributed by atoms with E-state index in [1.807, 2.05) is 19.1 Å². The van der Waals surface area contributed by atoms with E-state index in [1.54, 1.807) is 30.3 Å². The van der Waals surface area contributed by atoms with Crippen LogP contribution in [0.15, 0.2) is 42.5 Å². The first-order valence-electron chi connectivity index (χ1n) is 9.60. The van der Waals surface area contributed by atoms with E-state index in [2.05, 4.69) is 22.5 Å². The summed E-state index contributed by atoms with van der Waals surface area (Å²) in [5, 5.41) is 6.44. The summed E-state index contributed by atoms with van der Waals surface area (Å²) in [5.41, 5.74) is 2.88. The highest BCUT2D eigenvalue weighted by Gasteiger charge is 2.18. The van der Waals surface area contributed by atoms with Crippen molar-refractivity contribution in [3.8, 4) is 0 Å². The van der Waals surface area contributed by atoms with Crippen LogP contribution in [-0.4, -0.2) is 36.3 Å². The van der Waals surface area contributed by atoms with Crippen molar-refractivity contribution in [1.29, 1.82) is 0 Å². The molecule has 5 nitrogen and oxygen atoms in total. The Labute approximate surface area is 171 Å². The number of aryl methyl sites for hydroxylation is 1. The van der Waals surface area contributed by atoms with Crippen molar-refractivity contribution in [2.45, 2.75) is 26.7 Å². The molecule has 0 aromatic heterocycles. The van der Waals surface area contributed by atoms with Gasteiger partial charge in [0.05, 0.1) is 6.54 Å². The molecule has 6 heteroatoms. The second-order valence-electron chi connectivity index (χ2n) is 7.52. The molecule has 2 aromatic carbocycles. The number of halogens is 1. The van der Waals surface area contributed by atoms with Gasteiger partial charge in [0.25, 0.3) is 5.91 Å². The first-order valence-corrected chi connectivity index (χ1v) is 9.98. The molecule has 0 saturated carbocycles. The topological polar surface area (TPSA) is 61.4 Å². The minimum atomic E-state index is -0.202. The molecule has 0 bridgehead atoms. The molecule has 1 saturated heterocycles. The molecule has 148 valence electrons. The van der Waals surface area contributed by atoms with Crippen molar-refractivity contribution < 1.29 is 9.59 Å². The third-order valence-electron chi connectivity index (χ3n) is 4.97. The Morgan fingerprint density at radius 3 is 2.57 bits per heavy atom. The van der Waals surface area contributed by atoms with Gasteiger partial charge in [-0.15, -0.1) is 0 Å². The number of nitrogens with one attached hydrogen (secondary N) is 2. The van der Waals surface area contributed by atoms with Crippen molar-refractivity contribution in [1.82, 2.24) is 4.90 Å². The lowest BCUT2D eigenvalue weighted by atomic mass is 10.0. The number of hydrogen-bond acceptors (Lipinski definition) is 3. The Balaban J connectivity index is 1.58. The van der Waals surface area contributed by atoms with Gasteiger partial charge in [-0.25, -0.2) is 0 Å². The van der Waals surface area contributed by atoms with E-state index < -0.39 is 0 Å². The van der Waals surface area contributed by atoms with Gasteiger partial charge in [0.2, 0.25) is 5.91 Å². The zero-order valence-corrected chi connectivity index (χ0v) is 17.1. The quantitative estimate of drug-likeness (QED) is 0.774. The zero-order valence-electron chi connectivity index (χ0n) is 16.3. The minimum Gasteiger partial charge on any atom is -0.325 e. The number of rotatable bonds is 5. The number of anilines is 2. The molecule has 1 aliphatic rings. The van der Waals surface area contributed by atoms with E-state index >= 15 is 0 Å². The number of amides is 2. The lowest BCUT2D eigenvalue weighted by molar-refractivity contribution is -0.117. The summed E-state index contributed by atoms with van der Waals surface area (Å²) in [6, 6.07) is 12.2. The standard InChI is InChI=1S/C22H26ClN3O2/c1-15-4-3-11-26(13-15)14-21(27)25-20-10-9-19(12-16(20)2)24-22(28)17-5-7-18(23)8-6-17/h5-10,12,15H,3-4,11,13-14H2,1-2H3,(H,24,28)(H,25,27). The Morgan fingerprint density at radius 2 is 1.89 bits per heavy atom. The molecule has 28 heavy (non-hydrogen) atoms. The summed E-state index contributed by atoms with van der Waals surface area (Å²) in [4.78, 5) is 26.9. The maximum atomic E-state index is 12.4. The monoisotopic (exact) mass is 399 g/mol. The van der Waals surface area contributed by atoms with Crippen molar-refractivity contribution >= 4 is 34.8 Å². The van der Waals surface area contributed by atoms with Crippen molar-refractivity contribution in [3.05, 3.63) is 58.6 Å². The highest BCUT2D eigenvalue weighted by molar-refractivity contribution is 6.30. The lowest BCUT2D eigenvalue weighted by Crippen LogP contribution is -2.39. The van der Waals surface area contributed by atoms with E-state index in [4.69, 9.17) is 11.6 Å². The van der Waals surface area contributed by atoms with Crippen molar-refractivity contribution in [2.24, 2.45) is 5.92 Å². The summed E-state index contributed by atoms with van der Waals surface area (Å²) in [6.45, 7) is 6.51. The van der Waals surface area contributed by atoms with E-state index in [1.165, 1.54) is 6.42 Å². The van der Waals surface area contributed by atoms with E-state index in [9.17, 15) is 9.59 Å². The van der Waals surface area contributed by atoms with E-state index in [-0.39, 0.29) is 11.8 Å². The third-order valence-corrected chi connectivity index (χ3v) is 5.23. The second kappa shape index (κ2) is 9.22. The van der Waals surface area contributed by atoms with Gasteiger partial charge < -0.3 is 10.6 Å². The first kappa shape index (κ1) is 20.4. The van der Waals surface area contributed by atoms with E-state index in [0.717, 1.165) is 30.8 Å². The highest BCUT2D eigenvalue weighted by Crippen LogP contribution is 2.21. The number of carbonyl (C=O) groups is 2. The van der Waals surface area contributed by atoms with Crippen molar-refractivity contribution in [2.75, 3.05) is 30.3 Å². The van der Waals surface area contributed by atoms with Gasteiger partial charge in [-0.05, 0) is 80.3 Å². The molecule has 2 amide bonds. The van der Waals surface area contributed by atoms with Crippen LogP contribution in [-0.2, 0) is 4.79 Å². The average Bonchev–Trinajstić information content (AvgIpc) is 2.64. The molecule has 1 unspecified atom stereocenters. The molecule has 1 aliphatic heterocycles. The van der Waals surface area contributed by atoms with E-state index in [0.29, 0.717) is 28.7 Å². The fraction of sp³-hybridized carbons (Fsp3) is 0.364.